The van der Waals surface area contributed by atoms with E-state index in [2.05, 4.69) is 54.9 Å². The second kappa shape index (κ2) is 5.55. The van der Waals surface area contributed by atoms with Gasteiger partial charge in [0.05, 0.1) is 17.3 Å². The van der Waals surface area contributed by atoms with Gasteiger partial charge < -0.3 is 9.80 Å². The zero-order chi connectivity index (χ0) is 16.8. The van der Waals surface area contributed by atoms with Gasteiger partial charge in [-0.3, -0.25) is 9.89 Å². The van der Waals surface area contributed by atoms with Crippen LogP contribution in [-0.2, 0) is 4.79 Å². The van der Waals surface area contributed by atoms with Gasteiger partial charge in [0.15, 0.2) is 0 Å². The Morgan fingerprint density at radius 3 is 2.65 bits per heavy atom. The molecule has 0 saturated carbocycles. The lowest BCUT2D eigenvalue weighted by atomic mass is 9.96. The first-order valence-corrected chi connectivity index (χ1v) is 8.30. The Balaban J connectivity index is 2.00. The lowest BCUT2D eigenvalue weighted by Gasteiger charge is -2.47. The lowest BCUT2D eigenvalue weighted by Crippen LogP contribution is -2.60. The lowest BCUT2D eigenvalue weighted by molar-refractivity contribution is -0.134. The predicted molar refractivity (Wildman–Crippen MR) is 93.9 cm³/mol. The molecule has 1 aliphatic rings. The van der Waals surface area contributed by atoms with Crippen LogP contribution in [0.25, 0.3) is 10.9 Å². The molecular formula is C18H26N4O. The van der Waals surface area contributed by atoms with Crippen molar-refractivity contribution in [1.29, 1.82) is 0 Å². The fraction of sp³-hybridized carbons (Fsp3) is 0.556. The number of anilines is 1. The van der Waals surface area contributed by atoms with Gasteiger partial charge in [0.1, 0.15) is 0 Å². The molecular weight excluding hydrogens is 288 g/mol. The van der Waals surface area contributed by atoms with Crippen LogP contribution in [0, 0.1) is 0 Å². The molecule has 1 saturated heterocycles. The molecule has 0 atom stereocenters. The topological polar surface area (TPSA) is 52.2 Å². The molecule has 3 rings (SSSR count). The van der Waals surface area contributed by atoms with Crippen LogP contribution in [0.15, 0.2) is 18.3 Å². The van der Waals surface area contributed by atoms with Crippen LogP contribution in [0.5, 0.6) is 0 Å². The maximum Gasteiger partial charge on any atom is 0.220 e. The van der Waals surface area contributed by atoms with Gasteiger partial charge in [0.2, 0.25) is 5.91 Å². The quantitative estimate of drug-likeness (QED) is 0.926. The zero-order valence-electron chi connectivity index (χ0n) is 14.7. The van der Waals surface area contributed by atoms with Crippen molar-refractivity contribution < 1.29 is 4.79 Å². The van der Waals surface area contributed by atoms with Crippen LogP contribution in [0.3, 0.4) is 0 Å². The Hall–Kier alpha value is -2.04. The van der Waals surface area contributed by atoms with Gasteiger partial charge in [-0.2, -0.15) is 5.10 Å². The summed E-state index contributed by atoms with van der Waals surface area (Å²) in [5, 5.41) is 8.48. The Morgan fingerprint density at radius 1 is 1.30 bits per heavy atom. The minimum atomic E-state index is -0.173. The number of aromatic nitrogens is 2. The van der Waals surface area contributed by atoms with E-state index < -0.39 is 0 Å². The molecule has 2 heterocycles. The van der Waals surface area contributed by atoms with Crippen molar-refractivity contribution in [2.24, 2.45) is 0 Å². The summed E-state index contributed by atoms with van der Waals surface area (Å²) in [6, 6.07) is 4.47. The highest BCUT2D eigenvalue weighted by Gasteiger charge is 2.35. The van der Waals surface area contributed by atoms with E-state index in [-0.39, 0.29) is 11.4 Å². The summed E-state index contributed by atoms with van der Waals surface area (Å²) in [4.78, 5) is 16.2. The van der Waals surface area contributed by atoms with E-state index in [0.29, 0.717) is 5.92 Å². The van der Waals surface area contributed by atoms with E-state index in [1.807, 2.05) is 11.1 Å². The van der Waals surface area contributed by atoms with Gasteiger partial charge in [-0.25, -0.2) is 0 Å². The van der Waals surface area contributed by atoms with Gasteiger partial charge in [-0.05, 0) is 37.5 Å². The SMILES string of the molecule is CC(=O)N1CCN(c2cc(C(C)C)cc3[nH]ncc23)CC1(C)C. The third-order valence-electron chi connectivity index (χ3n) is 4.85. The van der Waals surface area contributed by atoms with Crippen molar-refractivity contribution in [1.82, 2.24) is 15.1 Å². The number of hydrogen-bond donors (Lipinski definition) is 1. The fourth-order valence-electron chi connectivity index (χ4n) is 3.59. The molecule has 0 aliphatic carbocycles. The smallest absolute Gasteiger partial charge is 0.220 e. The summed E-state index contributed by atoms with van der Waals surface area (Å²) in [6.45, 7) is 12.8. The molecule has 1 aromatic heterocycles. The maximum atomic E-state index is 11.9. The van der Waals surface area contributed by atoms with E-state index in [0.717, 1.165) is 30.5 Å². The standard InChI is InChI=1S/C18H26N4O/c1-12(2)14-8-16-15(10-19-20-16)17(9-14)21-6-7-22(13(3)23)18(4,5)11-21/h8-10,12H,6-7,11H2,1-5H3,(H,19,20). The van der Waals surface area contributed by atoms with Gasteiger partial charge >= 0.3 is 0 Å². The third kappa shape index (κ3) is 2.80. The number of piperazine rings is 1. The van der Waals surface area contributed by atoms with E-state index in [9.17, 15) is 4.79 Å². The number of aromatic amines is 1. The molecule has 0 radical (unpaired) electrons. The van der Waals surface area contributed by atoms with Gasteiger partial charge in [0.25, 0.3) is 0 Å². The minimum Gasteiger partial charge on any atom is -0.367 e. The summed E-state index contributed by atoms with van der Waals surface area (Å²) in [5.41, 5.74) is 3.44. The number of rotatable bonds is 2. The normalized spacial score (nSPS) is 18.0. The molecule has 5 heteroatoms. The Kier molecular flexibility index (Phi) is 3.82. The molecule has 0 spiro atoms. The number of carbonyl (C=O) groups is 1. The summed E-state index contributed by atoms with van der Waals surface area (Å²) in [7, 11) is 0. The third-order valence-corrected chi connectivity index (χ3v) is 4.85. The van der Waals surface area contributed by atoms with E-state index in [1.54, 1.807) is 6.92 Å². The van der Waals surface area contributed by atoms with Crippen LogP contribution in [-0.4, -0.2) is 46.2 Å². The van der Waals surface area contributed by atoms with Crippen molar-refractivity contribution in [2.75, 3.05) is 24.5 Å². The van der Waals surface area contributed by atoms with Crippen molar-refractivity contribution in [3.63, 3.8) is 0 Å². The number of amides is 1. The Labute approximate surface area is 137 Å². The van der Waals surface area contributed by atoms with Crippen LogP contribution in [0.2, 0.25) is 0 Å². The summed E-state index contributed by atoms with van der Waals surface area (Å²) < 4.78 is 0. The summed E-state index contributed by atoms with van der Waals surface area (Å²) >= 11 is 0. The second-order valence-electron chi connectivity index (χ2n) is 7.43. The number of nitrogens with zero attached hydrogens (tertiary/aromatic N) is 3. The van der Waals surface area contributed by atoms with Crippen LogP contribution >= 0.6 is 0 Å². The van der Waals surface area contributed by atoms with Crippen LogP contribution in [0.4, 0.5) is 5.69 Å². The number of H-pyrrole nitrogens is 1. The molecule has 124 valence electrons. The second-order valence-corrected chi connectivity index (χ2v) is 7.43. The molecule has 1 aliphatic heterocycles. The molecule has 5 nitrogen and oxygen atoms in total. The highest BCUT2D eigenvalue weighted by atomic mass is 16.2. The molecule has 1 N–H and O–H groups in total. The number of carbonyl (C=O) groups excluding carboxylic acids is 1. The number of nitrogens with one attached hydrogen (secondary N) is 1. The molecule has 1 aromatic carbocycles. The first-order chi connectivity index (χ1) is 10.8. The zero-order valence-corrected chi connectivity index (χ0v) is 14.7. The highest BCUT2D eigenvalue weighted by molar-refractivity contribution is 5.92. The van der Waals surface area contributed by atoms with Gasteiger partial charge in [-0.15, -0.1) is 0 Å². The van der Waals surface area contributed by atoms with Crippen LogP contribution in [0.1, 0.15) is 46.1 Å². The average molecular weight is 314 g/mol. The van der Waals surface area contributed by atoms with E-state index in [4.69, 9.17) is 0 Å². The van der Waals surface area contributed by atoms with Gasteiger partial charge in [0, 0.05) is 37.6 Å². The van der Waals surface area contributed by atoms with Crippen molar-refractivity contribution in [3.05, 3.63) is 23.9 Å². The first kappa shape index (κ1) is 15.8. The molecule has 2 aromatic rings. The maximum absolute atomic E-state index is 11.9. The fourth-order valence-corrected chi connectivity index (χ4v) is 3.59. The summed E-state index contributed by atoms with van der Waals surface area (Å²) in [5.74, 6) is 0.618. The molecule has 23 heavy (non-hydrogen) atoms. The monoisotopic (exact) mass is 314 g/mol. The van der Waals surface area contributed by atoms with Crippen molar-refractivity contribution in [2.45, 2.75) is 46.1 Å². The van der Waals surface area contributed by atoms with Crippen molar-refractivity contribution in [3.8, 4) is 0 Å². The van der Waals surface area contributed by atoms with Crippen molar-refractivity contribution >= 4 is 22.5 Å². The Morgan fingerprint density at radius 2 is 2.04 bits per heavy atom. The van der Waals surface area contributed by atoms with E-state index >= 15 is 0 Å². The first-order valence-electron chi connectivity index (χ1n) is 8.30. The molecule has 0 unspecified atom stereocenters. The van der Waals surface area contributed by atoms with E-state index in [1.165, 1.54) is 11.3 Å². The average Bonchev–Trinajstić information content (AvgIpc) is 2.92. The predicted octanol–water partition coefficient (Wildman–Crippen LogP) is 3.13. The number of benzene rings is 1. The largest absolute Gasteiger partial charge is 0.367 e. The molecule has 1 amide bonds. The van der Waals surface area contributed by atoms with Gasteiger partial charge in [-0.1, -0.05) is 13.8 Å². The number of hydrogen-bond acceptors (Lipinski definition) is 3. The molecule has 0 bridgehead atoms. The number of fused-ring (bicyclic) bond motifs is 1. The van der Waals surface area contributed by atoms with Crippen LogP contribution < -0.4 is 4.90 Å². The Bertz CT molecular complexity index is 732. The minimum absolute atomic E-state index is 0.152. The summed E-state index contributed by atoms with van der Waals surface area (Å²) in [6.07, 6.45) is 1.90. The highest BCUT2D eigenvalue weighted by Crippen LogP contribution is 2.33. The molecule has 1 fully saturated rings.